The second-order valence-electron chi connectivity index (χ2n) is 10.4. The van der Waals surface area contributed by atoms with Gasteiger partial charge in [0.05, 0.1) is 5.41 Å². The van der Waals surface area contributed by atoms with Crippen LogP contribution < -0.4 is 10.2 Å². The number of piperidine rings is 1. The van der Waals surface area contributed by atoms with E-state index in [2.05, 4.69) is 22.0 Å². The van der Waals surface area contributed by atoms with Crippen molar-refractivity contribution in [3.8, 4) is 0 Å². The first-order valence-corrected chi connectivity index (χ1v) is 12.7. The van der Waals surface area contributed by atoms with Gasteiger partial charge in [-0.15, -0.1) is 0 Å². The number of hydrogen-bond acceptors (Lipinski definition) is 6. The summed E-state index contributed by atoms with van der Waals surface area (Å²) in [6.07, 6.45) is 2.63. The van der Waals surface area contributed by atoms with E-state index in [0.717, 1.165) is 38.3 Å². The summed E-state index contributed by atoms with van der Waals surface area (Å²) < 4.78 is 19.0. The largest absolute Gasteiger partial charge is 0.462 e. The van der Waals surface area contributed by atoms with Crippen LogP contribution in [-0.2, 0) is 19.1 Å². The number of rotatable bonds is 6. The van der Waals surface area contributed by atoms with Crippen LogP contribution in [0.3, 0.4) is 0 Å². The molecular weight excluding hydrogens is 451 g/mol. The number of amides is 2. The molecule has 0 aromatic heterocycles. The highest BCUT2D eigenvalue weighted by atomic mass is 19.1. The van der Waals surface area contributed by atoms with Gasteiger partial charge >= 0.3 is 5.97 Å². The highest BCUT2D eigenvalue weighted by Gasteiger charge is 2.51. The molecule has 9 heteroatoms. The van der Waals surface area contributed by atoms with Gasteiger partial charge in [-0.1, -0.05) is 0 Å². The number of likely N-dealkylation sites (tertiary alicyclic amines) is 1. The lowest BCUT2D eigenvalue weighted by Gasteiger charge is -2.41. The van der Waals surface area contributed by atoms with E-state index in [4.69, 9.17) is 4.74 Å². The van der Waals surface area contributed by atoms with Gasteiger partial charge in [-0.05, 0) is 57.4 Å². The molecule has 0 radical (unpaired) electrons. The first-order chi connectivity index (χ1) is 16.7. The number of carbonyl (C=O) groups is 3. The molecule has 2 amide bonds. The minimum absolute atomic E-state index is 0.0922. The van der Waals surface area contributed by atoms with Crippen molar-refractivity contribution in [2.75, 3.05) is 44.2 Å². The maximum atomic E-state index is 13.2. The zero-order valence-electron chi connectivity index (χ0n) is 21.0. The molecule has 0 saturated carbocycles. The Morgan fingerprint density at radius 1 is 1.17 bits per heavy atom. The van der Waals surface area contributed by atoms with E-state index in [0.29, 0.717) is 38.4 Å². The number of nitrogens with zero attached hydrogens (tertiary/aromatic N) is 3. The van der Waals surface area contributed by atoms with Crippen LogP contribution in [0.15, 0.2) is 24.3 Å². The van der Waals surface area contributed by atoms with E-state index < -0.39 is 11.5 Å². The molecule has 3 atom stereocenters. The van der Waals surface area contributed by atoms with Crippen LogP contribution in [0.4, 0.5) is 10.1 Å². The molecule has 35 heavy (non-hydrogen) atoms. The van der Waals surface area contributed by atoms with Crippen LogP contribution in [0.2, 0.25) is 0 Å². The molecule has 4 rings (SSSR count). The summed E-state index contributed by atoms with van der Waals surface area (Å²) >= 11 is 0. The fourth-order valence-electron chi connectivity index (χ4n) is 5.73. The van der Waals surface area contributed by atoms with Crippen molar-refractivity contribution >= 4 is 23.5 Å². The van der Waals surface area contributed by atoms with Gasteiger partial charge in [0.2, 0.25) is 11.8 Å². The van der Waals surface area contributed by atoms with Gasteiger partial charge in [0.25, 0.3) is 0 Å². The van der Waals surface area contributed by atoms with Crippen molar-refractivity contribution in [1.82, 2.24) is 15.1 Å². The summed E-state index contributed by atoms with van der Waals surface area (Å²) in [6.45, 7) is 9.84. The van der Waals surface area contributed by atoms with Crippen LogP contribution in [-0.4, -0.2) is 85.0 Å². The van der Waals surface area contributed by atoms with Crippen LogP contribution in [0.5, 0.6) is 0 Å². The summed E-state index contributed by atoms with van der Waals surface area (Å²) in [7, 11) is 0. The molecule has 8 nitrogen and oxygen atoms in total. The summed E-state index contributed by atoms with van der Waals surface area (Å²) in [4.78, 5) is 43.1. The minimum Gasteiger partial charge on any atom is -0.462 e. The zero-order valence-corrected chi connectivity index (χ0v) is 21.0. The lowest BCUT2D eigenvalue weighted by molar-refractivity contribution is -0.153. The Labute approximate surface area is 206 Å². The van der Waals surface area contributed by atoms with Gasteiger partial charge in [0.15, 0.2) is 0 Å². The predicted octanol–water partition coefficient (Wildman–Crippen LogP) is 2.18. The zero-order chi connectivity index (χ0) is 25.2. The third-order valence-corrected chi connectivity index (χ3v) is 7.84. The van der Waals surface area contributed by atoms with Crippen molar-refractivity contribution in [2.24, 2.45) is 5.41 Å². The number of piperazine rings is 1. The van der Waals surface area contributed by atoms with Crippen LogP contribution in [0.1, 0.15) is 46.5 Å². The third kappa shape index (κ3) is 5.77. The van der Waals surface area contributed by atoms with Gasteiger partial charge in [-0.3, -0.25) is 19.3 Å². The maximum Gasteiger partial charge on any atom is 0.312 e. The molecule has 3 aliphatic heterocycles. The molecule has 3 unspecified atom stereocenters. The van der Waals surface area contributed by atoms with E-state index in [1.807, 2.05) is 12.1 Å². The monoisotopic (exact) mass is 488 g/mol. The first kappa shape index (κ1) is 25.4. The molecule has 3 heterocycles. The number of cyclic esters (lactones) is 1. The number of esters is 1. The average Bonchev–Trinajstić information content (AvgIpc) is 3.12. The molecule has 192 valence electrons. The van der Waals surface area contributed by atoms with E-state index in [-0.39, 0.29) is 29.7 Å². The van der Waals surface area contributed by atoms with Crippen LogP contribution >= 0.6 is 0 Å². The predicted molar refractivity (Wildman–Crippen MR) is 130 cm³/mol. The summed E-state index contributed by atoms with van der Waals surface area (Å²) in [5, 5.41) is 2.64. The number of hydrogen-bond donors (Lipinski definition) is 1. The van der Waals surface area contributed by atoms with Crippen molar-refractivity contribution < 1.29 is 23.5 Å². The molecule has 0 bridgehead atoms. The fraction of sp³-hybridized carbons (Fsp3) is 0.654. The summed E-state index contributed by atoms with van der Waals surface area (Å²) in [5.41, 5.74) is 0.548. The topological polar surface area (TPSA) is 82.2 Å². The number of ether oxygens (including phenoxy) is 1. The molecule has 3 fully saturated rings. The van der Waals surface area contributed by atoms with Crippen molar-refractivity contribution in [1.29, 1.82) is 0 Å². The smallest absolute Gasteiger partial charge is 0.312 e. The van der Waals surface area contributed by atoms with Gasteiger partial charge in [0, 0.05) is 64.3 Å². The van der Waals surface area contributed by atoms with Gasteiger partial charge in [-0.2, -0.15) is 0 Å². The Hall–Kier alpha value is -2.68. The minimum atomic E-state index is -0.560. The SMILES string of the molecule is CC(=O)NC(C)C(=O)N1CCC2(CC1)CC(CCN1CCN(c3ccc(F)cc3)CC1C)OC2=O. The van der Waals surface area contributed by atoms with Gasteiger partial charge in [0.1, 0.15) is 18.0 Å². The van der Waals surface area contributed by atoms with Crippen LogP contribution in [0, 0.1) is 11.2 Å². The standard InChI is InChI=1S/C26H37FN4O4/c1-18-17-31(22-6-4-21(27)5-7-22)15-14-29(18)11-8-23-16-26(25(34)35-23)9-12-30(13-10-26)24(33)19(2)28-20(3)32/h4-7,18-19,23H,8-17H2,1-3H3,(H,28,32). The maximum absolute atomic E-state index is 13.2. The summed E-state index contributed by atoms with van der Waals surface area (Å²) in [6, 6.07) is 6.44. The number of carbonyl (C=O) groups excluding carboxylic acids is 3. The van der Waals surface area contributed by atoms with Crippen molar-refractivity contribution in [3.05, 3.63) is 30.1 Å². The highest BCUT2D eigenvalue weighted by Crippen LogP contribution is 2.44. The number of benzene rings is 1. The Bertz CT molecular complexity index is 932. The van der Waals surface area contributed by atoms with Gasteiger partial charge < -0.3 is 19.9 Å². The third-order valence-electron chi connectivity index (χ3n) is 7.84. The Kier molecular flexibility index (Phi) is 7.64. The molecule has 0 aliphatic carbocycles. The quantitative estimate of drug-likeness (QED) is 0.618. The van der Waals surface area contributed by atoms with Crippen molar-refractivity contribution in [2.45, 2.75) is 64.6 Å². The molecular formula is C26H37FN4O4. The van der Waals surface area contributed by atoms with Gasteiger partial charge in [-0.25, -0.2) is 4.39 Å². The molecule has 3 saturated heterocycles. The first-order valence-electron chi connectivity index (χ1n) is 12.7. The number of anilines is 1. The Morgan fingerprint density at radius 2 is 1.86 bits per heavy atom. The van der Waals surface area contributed by atoms with E-state index >= 15 is 0 Å². The number of halogens is 1. The van der Waals surface area contributed by atoms with Crippen molar-refractivity contribution in [3.63, 3.8) is 0 Å². The molecule has 1 N–H and O–H groups in total. The van der Waals surface area contributed by atoms with E-state index in [9.17, 15) is 18.8 Å². The highest BCUT2D eigenvalue weighted by molar-refractivity contribution is 5.87. The normalized spacial score (nSPS) is 25.4. The second-order valence-corrected chi connectivity index (χ2v) is 10.4. The number of nitrogens with one attached hydrogen (secondary N) is 1. The molecule has 1 aromatic carbocycles. The lowest BCUT2D eigenvalue weighted by Crippen LogP contribution is -2.52. The molecule has 3 aliphatic rings. The Balaban J connectivity index is 1.24. The van der Waals surface area contributed by atoms with E-state index in [1.54, 1.807) is 11.8 Å². The average molecular weight is 489 g/mol. The lowest BCUT2D eigenvalue weighted by atomic mass is 9.75. The fourth-order valence-corrected chi connectivity index (χ4v) is 5.73. The molecule has 1 aromatic rings. The Morgan fingerprint density at radius 3 is 2.49 bits per heavy atom. The summed E-state index contributed by atoms with van der Waals surface area (Å²) in [5.74, 6) is -0.681. The van der Waals surface area contributed by atoms with Crippen LogP contribution in [0.25, 0.3) is 0 Å². The van der Waals surface area contributed by atoms with E-state index in [1.165, 1.54) is 19.1 Å². The second kappa shape index (κ2) is 10.5. The molecule has 1 spiro atoms.